The van der Waals surface area contributed by atoms with Crippen molar-refractivity contribution in [3.63, 3.8) is 0 Å². The zero-order valence-corrected chi connectivity index (χ0v) is 11.2. The maximum atomic E-state index is 14.0. The van der Waals surface area contributed by atoms with Gasteiger partial charge < -0.3 is 16.8 Å². The number of hydrogen-bond acceptors (Lipinski definition) is 3. The van der Waals surface area contributed by atoms with Crippen molar-refractivity contribution < 1.29 is 17.6 Å². The Morgan fingerprint density at radius 3 is 2.29 bits per heavy atom. The highest BCUT2D eigenvalue weighted by Gasteiger charge is 2.33. The van der Waals surface area contributed by atoms with Crippen LogP contribution in [0.15, 0.2) is 30.3 Å². The molecule has 0 heterocycles. The first-order valence-corrected chi connectivity index (χ1v) is 6.05. The number of nitrogen functional groups attached to an aromatic ring is 2. The van der Waals surface area contributed by atoms with Crippen LogP contribution in [0.1, 0.15) is 5.56 Å². The molecule has 0 unspecified atom stereocenters. The maximum absolute atomic E-state index is 14.0. The molecule has 2 aromatic rings. The molecule has 21 heavy (non-hydrogen) atoms. The molecular formula is C13H10ClF4N3. The number of nitrogens with two attached hydrogens (primary N) is 2. The van der Waals surface area contributed by atoms with E-state index in [1.165, 1.54) is 18.2 Å². The van der Waals surface area contributed by atoms with Gasteiger partial charge in [0, 0.05) is 0 Å². The minimum Gasteiger partial charge on any atom is -0.397 e. The second-order valence-corrected chi connectivity index (χ2v) is 4.60. The summed E-state index contributed by atoms with van der Waals surface area (Å²) < 4.78 is 52.7. The third kappa shape index (κ3) is 2.97. The van der Waals surface area contributed by atoms with Gasteiger partial charge in [0.1, 0.15) is 5.02 Å². The van der Waals surface area contributed by atoms with Crippen LogP contribution in [-0.2, 0) is 6.18 Å². The largest absolute Gasteiger partial charge is 0.418 e. The highest BCUT2D eigenvalue weighted by molar-refractivity contribution is 6.33. The van der Waals surface area contributed by atoms with Crippen molar-refractivity contribution in [2.24, 2.45) is 0 Å². The lowest BCUT2D eigenvalue weighted by atomic mass is 10.1. The quantitative estimate of drug-likeness (QED) is 0.567. The van der Waals surface area contributed by atoms with E-state index in [-0.39, 0.29) is 22.7 Å². The number of hydrogen-bond donors (Lipinski definition) is 3. The van der Waals surface area contributed by atoms with Crippen LogP contribution in [-0.4, -0.2) is 0 Å². The van der Waals surface area contributed by atoms with E-state index < -0.39 is 22.6 Å². The number of nitrogens with one attached hydrogen (secondary N) is 1. The van der Waals surface area contributed by atoms with Gasteiger partial charge in [-0.15, -0.1) is 0 Å². The minimum atomic E-state index is -4.59. The second kappa shape index (κ2) is 5.33. The van der Waals surface area contributed by atoms with E-state index in [0.29, 0.717) is 0 Å². The average Bonchev–Trinajstić information content (AvgIpc) is 2.40. The van der Waals surface area contributed by atoms with E-state index >= 15 is 0 Å². The Kier molecular flexibility index (Phi) is 3.87. The molecular weight excluding hydrogens is 310 g/mol. The smallest absolute Gasteiger partial charge is 0.397 e. The number of alkyl halides is 3. The lowest BCUT2D eigenvalue weighted by Crippen LogP contribution is -2.10. The Balaban J connectivity index is 2.52. The first-order valence-electron chi connectivity index (χ1n) is 5.68. The van der Waals surface area contributed by atoms with Crippen molar-refractivity contribution >= 4 is 34.4 Å². The molecule has 0 atom stereocenters. The van der Waals surface area contributed by atoms with E-state index in [9.17, 15) is 17.6 Å². The first-order chi connectivity index (χ1) is 9.71. The molecule has 0 spiro atoms. The molecule has 2 aromatic carbocycles. The lowest BCUT2D eigenvalue weighted by Gasteiger charge is -2.17. The fourth-order valence-electron chi connectivity index (χ4n) is 1.77. The first kappa shape index (κ1) is 15.2. The molecule has 5 N–H and O–H groups in total. The number of benzene rings is 2. The molecule has 0 aliphatic heterocycles. The molecule has 0 fully saturated rings. The molecule has 0 bridgehead atoms. The van der Waals surface area contributed by atoms with Gasteiger partial charge in [0.25, 0.3) is 0 Å². The molecule has 0 aromatic heterocycles. The summed E-state index contributed by atoms with van der Waals surface area (Å²) in [4.78, 5) is 0. The van der Waals surface area contributed by atoms with Gasteiger partial charge in [0.05, 0.1) is 28.3 Å². The van der Waals surface area contributed by atoms with Crippen molar-refractivity contribution in [1.82, 2.24) is 0 Å². The molecule has 0 aliphatic carbocycles. The molecule has 3 nitrogen and oxygen atoms in total. The van der Waals surface area contributed by atoms with Crippen LogP contribution in [0.2, 0.25) is 5.02 Å². The summed E-state index contributed by atoms with van der Waals surface area (Å²) >= 11 is 5.63. The van der Waals surface area contributed by atoms with Gasteiger partial charge in [-0.25, -0.2) is 4.39 Å². The Morgan fingerprint density at radius 2 is 1.67 bits per heavy atom. The highest BCUT2D eigenvalue weighted by Crippen LogP contribution is 2.39. The standard InChI is InChI=1S/C13H10ClF4N3/c14-10-7(19)5-8(20)12(11(10)15)21-9-4-2-1-3-6(9)13(16,17)18/h1-5,21H,19-20H2. The van der Waals surface area contributed by atoms with Crippen molar-refractivity contribution in [2.75, 3.05) is 16.8 Å². The number of rotatable bonds is 2. The average molecular weight is 320 g/mol. The molecule has 112 valence electrons. The zero-order valence-electron chi connectivity index (χ0n) is 10.4. The second-order valence-electron chi connectivity index (χ2n) is 4.23. The predicted molar refractivity (Wildman–Crippen MR) is 75.0 cm³/mol. The monoisotopic (exact) mass is 319 g/mol. The highest BCUT2D eigenvalue weighted by atomic mass is 35.5. The van der Waals surface area contributed by atoms with Gasteiger partial charge in [-0.1, -0.05) is 23.7 Å². The van der Waals surface area contributed by atoms with Crippen LogP contribution in [0, 0.1) is 5.82 Å². The maximum Gasteiger partial charge on any atom is 0.418 e. The van der Waals surface area contributed by atoms with Gasteiger partial charge in [-0.05, 0) is 18.2 Å². The lowest BCUT2D eigenvalue weighted by molar-refractivity contribution is -0.136. The van der Waals surface area contributed by atoms with Gasteiger partial charge in [-0.3, -0.25) is 0 Å². The summed E-state index contributed by atoms with van der Waals surface area (Å²) in [5, 5.41) is 1.92. The predicted octanol–water partition coefficient (Wildman–Crippen LogP) is 4.41. The number of halogens is 5. The van der Waals surface area contributed by atoms with E-state index in [1.807, 2.05) is 0 Å². The van der Waals surface area contributed by atoms with Crippen LogP contribution >= 0.6 is 11.6 Å². The third-order valence-corrected chi connectivity index (χ3v) is 3.14. The van der Waals surface area contributed by atoms with Crippen molar-refractivity contribution in [3.8, 4) is 0 Å². The van der Waals surface area contributed by atoms with E-state index in [1.54, 1.807) is 0 Å². The van der Waals surface area contributed by atoms with Crippen LogP contribution in [0.3, 0.4) is 0 Å². The van der Waals surface area contributed by atoms with E-state index in [2.05, 4.69) is 5.32 Å². The Labute approximate surface area is 122 Å². The van der Waals surface area contributed by atoms with Crippen molar-refractivity contribution in [2.45, 2.75) is 6.18 Å². The Bertz CT molecular complexity index is 686. The van der Waals surface area contributed by atoms with Gasteiger partial charge in [-0.2, -0.15) is 13.2 Å². The fraction of sp³-hybridized carbons (Fsp3) is 0.0769. The topological polar surface area (TPSA) is 64.1 Å². The van der Waals surface area contributed by atoms with Gasteiger partial charge in [0.2, 0.25) is 0 Å². The summed E-state index contributed by atoms with van der Waals surface area (Å²) in [6, 6.07) is 5.81. The SMILES string of the molecule is Nc1cc(N)c(Nc2ccccc2C(F)(F)F)c(F)c1Cl. The van der Waals surface area contributed by atoms with Crippen LogP contribution in [0.4, 0.5) is 40.3 Å². The van der Waals surface area contributed by atoms with Gasteiger partial charge >= 0.3 is 6.18 Å². The third-order valence-electron chi connectivity index (χ3n) is 2.76. The van der Waals surface area contributed by atoms with Crippen LogP contribution in [0.5, 0.6) is 0 Å². The Morgan fingerprint density at radius 1 is 1.05 bits per heavy atom. The summed E-state index contributed by atoms with van der Waals surface area (Å²) in [6.45, 7) is 0. The zero-order chi connectivity index (χ0) is 15.8. The van der Waals surface area contributed by atoms with Gasteiger partial charge in [0.15, 0.2) is 5.82 Å². The summed E-state index contributed by atoms with van der Waals surface area (Å²) in [7, 11) is 0. The van der Waals surface area contributed by atoms with E-state index in [4.69, 9.17) is 23.1 Å². The van der Waals surface area contributed by atoms with Crippen LogP contribution in [0.25, 0.3) is 0 Å². The molecule has 0 amide bonds. The molecule has 8 heteroatoms. The Hall–Kier alpha value is -2.15. The minimum absolute atomic E-state index is 0.0960. The van der Waals surface area contributed by atoms with Crippen molar-refractivity contribution in [3.05, 3.63) is 46.7 Å². The summed E-state index contributed by atoms with van der Waals surface area (Å²) in [5.41, 5.74) is 9.12. The molecule has 0 saturated heterocycles. The van der Waals surface area contributed by atoms with Crippen molar-refractivity contribution in [1.29, 1.82) is 0 Å². The summed E-state index contributed by atoms with van der Waals surface area (Å²) in [6.07, 6.45) is -4.59. The normalized spacial score (nSPS) is 11.5. The van der Waals surface area contributed by atoms with E-state index in [0.717, 1.165) is 12.1 Å². The molecule has 0 saturated carbocycles. The van der Waals surface area contributed by atoms with Crippen LogP contribution < -0.4 is 16.8 Å². The number of para-hydroxylation sites is 1. The molecule has 0 aliphatic rings. The summed E-state index contributed by atoms with van der Waals surface area (Å²) in [5.74, 6) is -1.01. The molecule has 2 rings (SSSR count). The fourth-order valence-corrected chi connectivity index (χ4v) is 1.92. The number of anilines is 4. The molecule has 0 radical (unpaired) electrons.